The van der Waals surface area contributed by atoms with Crippen molar-refractivity contribution in [2.24, 2.45) is 0 Å². The van der Waals surface area contributed by atoms with Crippen LogP contribution in [0.1, 0.15) is 27.2 Å². The van der Waals surface area contributed by atoms with Crippen LogP contribution in [0.15, 0.2) is 30.3 Å². The second-order valence-electron chi connectivity index (χ2n) is 5.89. The number of carbonyl (C=O) groups is 2. The highest BCUT2D eigenvalue weighted by Crippen LogP contribution is 2.21. The SMILES string of the molecule is CC(C)(C)OC(=O)N[C@@H]1CC(=O)N(c2ccccc2)C1. The maximum Gasteiger partial charge on any atom is 0.407 e. The van der Waals surface area contributed by atoms with Crippen molar-refractivity contribution in [3.05, 3.63) is 30.3 Å². The van der Waals surface area contributed by atoms with Gasteiger partial charge in [-0.2, -0.15) is 0 Å². The van der Waals surface area contributed by atoms with Crippen molar-refractivity contribution in [3.63, 3.8) is 0 Å². The topological polar surface area (TPSA) is 58.6 Å². The van der Waals surface area contributed by atoms with Crippen molar-refractivity contribution in [1.29, 1.82) is 0 Å². The summed E-state index contributed by atoms with van der Waals surface area (Å²) in [6.45, 7) is 5.90. The van der Waals surface area contributed by atoms with Crippen LogP contribution < -0.4 is 10.2 Å². The minimum atomic E-state index is -0.536. The Morgan fingerprint density at radius 1 is 1.30 bits per heavy atom. The first-order chi connectivity index (χ1) is 9.35. The Bertz CT molecular complexity index is 494. The van der Waals surface area contributed by atoms with Crippen LogP contribution in [0.2, 0.25) is 0 Å². The Hall–Kier alpha value is -2.04. The largest absolute Gasteiger partial charge is 0.444 e. The molecule has 5 nitrogen and oxygen atoms in total. The van der Waals surface area contributed by atoms with Gasteiger partial charge in [-0.25, -0.2) is 4.79 Å². The summed E-state index contributed by atoms with van der Waals surface area (Å²) in [5, 5.41) is 2.74. The summed E-state index contributed by atoms with van der Waals surface area (Å²) >= 11 is 0. The molecule has 1 aliphatic heterocycles. The number of anilines is 1. The van der Waals surface area contributed by atoms with Gasteiger partial charge in [-0.15, -0.1) is 0 Å². The van der Waals surface area contributed by atoms with Gasteiger partial charge in [-0.05, 0) is 32.9 Å². The number of nitrogens with one attached hydrogen (secondary N) is 1. The summed E-state index contributed by atoms with van der Waals surface area (Å²) in [6, 6.07) is 9.23. The number of amides is 2. The summed E-state index contributed by atoms with van der Waals surface area (Å²) in [6.07, 6.45) is -0.182. The molecule has 0 aromatic heterocycles. The predicted molar refractivity (Wildman–Crippen MR) is 76.6 cm³/mol. The second kappa shape index (κ2) is 5.53. The molecule has 0 bridgehead atoms. The number of para-hydroxylation sites is 1. The Morgan fingerprint density at radius 2 is 1.95 bits per heavy atom. The van der Waals surface area contributed by atoms with Crippen LogP contribution in [0.25, 0.3) is 0 Å². The summed E-state index contributed by atoms with van der Waals surface area (Å²) in [5.41, 5.74) is 0.317. The lowest BCUT2D eigenvalue weighted by Crippen LogP contribution is -2.40. The molecule has 0 saturated carbocycles. The van der Waals surface area contributed by atoms with Crippen LogP contribution in [0.5, 0.6) is 0 Å². The molecule has 2 rings (SSSR count). The maximum atomic E-state index is 12.0. The van der Waals surface area contributed by atoms with Crippen LogP contribution in [0, 0.1) is 0 Å². The van der Waals surface area contributed by atoms with E-state index >= 15 is 0 Å². The van der Waals surface area contributed by atoms with E-state index in [4.69, 9.17) is 4.74 Å². The first kappa shape index (κ1) is 14.4. The number of benzene rings is 1. The Morgan fingerprint density at radius 3 is 2.55 bits per heavy atom. The van der Waals surface area contributed by atoms with Gasteiger partial charge in [0.2, 0.25) is 5.91 Å². The van der Waals surface area contributed by atoms with Crippen LogP contribution in [-0.4, -0.2) is 30.2 Å². The average molecular weight is 276 g/mol. The normalized spacial score (nSPS) is 19.1. The van der Waals surface area contributed by atoms with Gasteiger partial charge < -0.3 is 15.0 Å². The van der Waals surface area contributed by atoms with Gasteiger partial charge in [0.1, 0.15) is 5.60 Å². The fourth-order valence-electron chi connectivity index (χ4n) is 2.14. The van der Waals surface area contributed by atoms with Gasteiger partial charge in [-0.3, -0.25) is 4.79 Å². The van der Waals surface area contributed by atoms with Crippen molar-refractivity contribution in [2.75, 3.05) is 11.4 Å². The molecule has 0 unspecified atom stereocenters. The molecule has 1 N–H and O–H groups in total. The van der Waals surface area contributed by atoms with Gasteiger partial charge in [0.15, 0.2) is 0 Å². The van der Waals surface area contributed by atoms with Gasteiger partial charge in [0.05, 0.1) is 6.04 Å². The van der Waals surface area contributed by atoms with E-state index in [0.29, 0.717) is 13.0 Å². The molecule has 2 amide bonds. The summed E-state index contributed by atoms with van der Waals surface area (Å²) in [5.74, 6) is 0.0114. The molecule has 1 fully saturated rings. The van der Waals surface area contributed by atoms with E-state index in [-0.39, 0.29) is 11.9 Å². The number of nitrogens with zero attached hydrogens (tertiary/aromatic N) is 1. The fourth-order valence-corrected chi connectivity index (χ4v) is 2.14. The smallest absolute Gasteiger partial charge is 0.407 e. The van der Waals surface area contributed by atoms with E-state index in [1.807, 2.05) is 51.1 Å². The molecule has 1 aromatic rings. The van der Waals surface area contributed by atoms with Crippen molar-refractivity contribution in [3.8, 4) is 0 Å². The predicted octanol–water partition coefficient (Wildman–Crippen LogP) is 2.32. The average Bonchev–Trinajstić information content (AvgIpc) is 2.68. The van der Waals surface area contributed by atoms with E-state index in [0.717, 1.165) is 5.69 Å². The van der Waals surface area contributed by atoms with E-state index in [2.05, 4.69) is 5.32 Å². The van der Waals surface area contributed by atoms with Crippen LogP contribution in [0.3, 0.4) is 0 Å². The first-order valence-electron chi connectivity index (χ1n) is 6.70. The zero-order chi connectivity index (χ0) is 14.8. The third-order valence-electron chi connectivity index (χ3n) is 2.91. The van der Waals surface area contributed by atoms with Crippen molar-refractivity contribution in [1.82, 2.24) is 5.32 Å². The number of rotatable bonds is 2. The van der Waals surface area contributed by atoms with Crippen LogP contribution in [-0.2, 0) is 9.53 Å². The molecular weight excluding hydrogens is 256 g/mol. The van der Waals surface area contributed by atoms with Gasteiger partial charge in [-0.1, -0.05) is 18.2 Å². The summed E-state index contributed by atoms with van der Waals surface area (Å²) in [4.78, 5) is 25.4. The zero-order valence-electron chi connectivity index (χ0n) is 12.1. The Kier molecular flexibility index (Phi) is 3.97. The highest BCUT2D eigenvalue weighted by Gasteiger charge is 2.32. The number of hydrogen-bond donors (Lipinski definition) is 1. The maximum absolute atomic E-state index is 12.0. The Labute approximate surface area is 118 Å². The van der Waals surface area contributed by atoms with E-state index < -0.39 is 11.7 Å². The molecule has 0 spiro atoms. The monoisotopic (exact) mass is 276 g/mol. The van der Waals surface area contributed by atoms with Crippen LogP contribution >= 0.6 is 0 Å². The van der Waals surface area contributed by atoms with Crippen molar-refractivity contribution in [2.45, 2.75) is 38.8 Å². The minimum Gasteiger partial charge on any atom is -0.444 e. The molecule has 1 aromatic carbocycles. The molecule has 1 saturated heterocycles. The quantitative estimate of drug-likeness (QED) is 0.901. The lowest BCUT2D eigenvalue weighted by molar-refractivity contribution is -0.117. The van der Waals surface area contributed by atoms with Gasteiger partial charge >= 0.3 is 6.09 Å². The number of carbonyl (C=O) groups excluding carboxylic acids is 2. The standard InChI is InChI=1S/C15H20N2O3/c1-15(2,3)20-14(19)16-11-9-13(18)17(10-11)12-7-5-4-6-8-12/h4-8,11H,9-10H2,1-3H3,(H,16,19)/t11-/m1/s1. The molecule has 1 atom stereocenters. The van der Waals surface area contributed by atoms with Gasteiger partial charge in [0, 0.05) is 18.7 Å². The number of alkyl carbamates (subject to hydrolysis) is 1. The second-order valence-corrected chi connectivity index (χ2v) is 5.89. The third-order valence-corrected chi connectivity index (χ3v) is 2.91. The van der Waals surface area contributed by atoms with E-state index in [1.165, 1.54) is 0 Å². The van der Waals surface area contributed by atoms with E-state index in [1.54, 1.807) is 4.90 Å². The van der Waals surface area contributed by atoms with E-state index in [9.17, 15) is 9.59 Å². The molecule has 1 heterocycles. The van der Waals surface area contributed by atoms with Gasteiger partial charge in [0.25, 0.3) is 0 Å². The van der Waals surface area contributed by atoms with Crippen molar-refractivity contribution < 1.29 is 14.3 Å². The summed E-state index contributed by atoms with van der Waals surface area (Å²) in [7, 11) is 0. The lowest BCUT2D eigenvalue weighted by atomic mass is 10.2. The lowest BCUT2D eigenvalue weighted by Gasteiger charge is -2.22. The summed E-state index contributed by atoms with van der Waals surface area (Å²) < 4.78 is 5.20. The highest BCUT2D eigenvalue weighted by molar-refractivity contribution is 5.96. The highest BCUT2D eigenvalue weighted by atomic mass is 16.6. The fraction of sp³-hybridized carbons (Fsp3) is 0.467. The van der Waals surface area contributed by atoms with Crippen LogP contribution in [0.4, 0.5) is 10.5 Å². The zero-order valence-corrected chi connectivity index (χ0v) is 12.1. The molecule has 1 aliphatic rings. The molecule has 0 radical (unpaired) electrons. The number of hydrogen-bond acceptors (Lipinski definition) is 3. The molecule has 108 valence electrons. The molecule has 5 heteroatoms. The molecule has 20 heavy (non-hydrogen) atoms. The Balaban J connectivity index is 1.94. The third kappa shape index (κ3) is 3.73. The molecule has 0 aliphatic carbocycles. The minimum absolute atomic E-state index is 0.0114. The number of ether oxygens (including phenoxy) is 1. The molecular formula is C15H20N2O3. The first-order valence-corrected chi connectivity index (χ1v) is 6.70. The van der Waals surface area contributed by atoms with Crippen molar-refractivity contribution >= 4 is 17.7 Å².